The molecule has 3 aliphatic rings. The Hall–Kier alpha value is -2.41. The number of fused-ring (bicyclic) bond motifs is 1. The van der Waals surface area contributed by atoms with E-state index in [-0.39, 0.29) is 40.5 Å². The molecular formula is C22H19BrFNO4. The zero-order chi connectivity index (χ0) is 20.1. The Kier molecular flexibility index (Phi) is 4.57. The van der Waals surface area contributed by atoms with Crippen LogP contribution in [0.5, 0.6) is 0 Å². The van der Waals surface area contributed by atoms with Crippen molar-refractivity contribution in [1.29, 1.82) is 0 Å². The van der Waals surface area contributed by atoms with Crippen LogP contribution >= 0.6 is 15.9 Å². The summed E-state index contributed by atoms with van der Waals surface area (Å²) in [5.41, 5.74) is 0.563. The number of ether oxygens (including phenoxy) is 1. The monoisotopic (exact) mass is 459 g/mol. The topological polar surface area (TPSA) is 59.8 Å². The molecule has 7 heteroatoms. The van der Waals surface area contributed by atoms with Crippen LogP contribution in [0.4, 0.5) is 4.39 Å². The van der Waals surface area contributed by atoms with Gasteiger partial charge in [-0.2, -0.15) is 0 Å². The highest BCUT2D eigenvalue weighted by atomic mass is 79.9. The molecule has 5 nitrogen and oxygen atoms in total. The van der Waals surface area contributed by atoms with Crippen LogP contribution < -0.4 is 0 Å². The fraction of sp³-hybridized carbons (Fsp3) is 0.364. The van der Waals surface area contributed by atoms with Crippen LogP contribution in [0.3, 0.4) is 0 Å². The predicted octanol–water partition coefficient (Wildman–Crippen LogP) is 4.29. The standard InChI is InChI=1S/C22H19BrFNO4/c23-12-7-8-17-15(10-12)20(26)18-19(14-5-1-2-6-16(14)24)25(22(27)21(18)29-17)11-13-4-3-9-28-13/h1-6,9,12,15,17,19H,7-8,10-11H2. The molecule has 29 heavy (non-hydrogen) atoms. The second-order valence-corrected chi connectivity index (χ2v) is 9.01. The number of Topliss-reactive ketones (excluding diaryl/α,β-unsaturated/α-hetero) is 1. The number of carbonyl (C=O) groups is 2. The van der Waals surface area contributed by atoms with Crippen LogP contribution in [-0.4, -0.2) is 27.5 Å². The SMILES string of the molecule is O=C1C2=C(OC3CCC(Br)CC13)C(=O)N(Cc1ccco1)C2c1ccccc1F. The quantitative estimate of drug-likeness (QED) is 0.642. The molecule has 4 unspecified atom stereocenters. The van der Waals surface area contributed by atoms with E-state index in [0.717, 1.165) is 6.42 Å². The second-order valence-electron chi connectivity index (χ2n) is 7.72. The van der Waals surface area contributed by atoms with Gasteiger partial charge in [-0.3, -0.25) is 9.59 Å². The molecule has 3 heterocycles. The third-order valence-electron chi connectivity index (χ3n) is 5.99. The lowest BCUT2D eigenvalue weighted by atomic mass is 9.77. The van der Waals surface area contributed by atoms with E-state index in [0.29, 0.717) is 24.2 Å². The summed E-state index contributed by atoms with van der Waals surface area (Å²) in [5, 5.41) is 0. The summed E-state index contributed by atoms with van der Waals surface area (Å²) < 4.78 is 26.2. The number of nitrogens with zero attached hydrogens (tertiary/aromatic N) is 1. The third kappa shape index (κ3) is 3.03. The van der Waals surface area contributed by atoms with Crippen molar-refractivity contribution < 1.29 is 23.1 Å². The number of amides is 1. The summed E-state index contributed by atoms with van der Waals surface area (Å²) in [4.78, 5) is 28.5. The molecule has 150 valence electrons. The van der Waals surface area contributed by atoms with Gasteiger partial charge in [-0.15, -0.1) is 0 Å². The van der Waals surface area contributed by atoms with Crippen LogP contribution in [0.1, 0.15) is 36.6 Å². The molecule has 0 N–H and O–H groups in total. The average Bonchev–Trinajstić information content (AvgIpc) is 3.31. The van der Waals surface area contributed by atoms with Crippen molar-refractivity contribution in [3.05, 3.63) is 71.1 Å². The molecule has 0 spiro atoms. The van der Waals surface area contributed by atoms with Gasteiger partial charge >= 0.3 is 0 Å². The van der Waals surface area contributed by atoms with E-state index in [2.05, 4.69) is 15.9 Å². The maximum absolute atomic E-state index is 14.8. The van der Waals surface area contributed by atoms with E-state index < -0.39 is 17.8 Å². The van der Waals surface area contributed by atoms with Gasteiger partial charge in [0.1, 0.15) is 17.7 Å². The minimum absolute atomic E-state index is 0.0732. The van der Waals surface area contributed by atoms with Crippen molar-refractivity contribution in [3.63, 3.8) is 0 Å². The molecule has 0 radical (unpaired) electrons. The minimum Gasteiger partial charge on any atom is -0.483 e. The maximum atomic E-state index is 14.8. The Morgan fingerprint density at radius 3 is 2.72 bits per heavy atom. The smallest absolute Gasteiger partial charge is 0.290 e. The lowest BCUT2D eigenvalue weighted by molar-refractivity contribution is -0.135. The number of ketones is 1. The van der Waals surface area contributed by atoms with Gasteiger partial charge < -0.3 is 14.1 Å². The van der Waals surface area contributed by atoms with E-state index in [1.54, 1.807) is 30.3 Å². The van der Waals surface area contributed by atoms with Crippen molar-refractivity contribution in [3.8, 4) is 0 Å². The van der Waals surface area contributed by atoms with Gasteiger partial charge in [0, 0.05) is 10.4 Å². The van der Waals surface area contributed by atoms with Crippen molar-refractivity contribution in [2.75, 3.05) is 0 Å². The molecular weight excluding hydrogens is 441 g/mol. The van der Waals surface area contributed by atoms with Crippen LogP contribution in [0, 0.1) is 11.7 Å². The van der Waals surface area contributed by atoms with Gasteiger partial charge in [0.25, 0.3) is 5.91 Å². The van der Waals surface area contributed by atoms with Gasteiger partial charge in [0.2, 0.25) is 0 Å². The number of benzene rings is 1. The average molecular weight is 460 g/mol. The zero-order valence-corrected chi connectivity index (χ0v) is 17.1. The number of halogens is 2. The van der Waals surface area contributed by atoms with Crippen molar-refractivity contribution in [1.82, 2.24) is 4.90 Å². The number of alkyl halides is 1. The van der Waals surface area contributed by atoms with Gasteiger partial charge in [-0.25, -0.2) is 4.39 Å². The van der Waals surface area contributed by atoms with Gasteiger partial charge in [-0.05, 0) is 37.5 Å². The molecule has 2 aromatic rings. The molecule has 0 bridgehead atoms. The summed E-state index contributed by atoms with van der Waals surface area (Å²) in [6.07, 6.45) is 3.46. The molecule has 1 fully saturated rings. The Bertz CT molecular complexity index is 1000. The van der Waals surface area contributed by atoms with E-state index in [9.17, 15) is 14.0 Å². The molecule has 1 aromatic carbocycles. The maximum Gasteiger partial charge on any atom is 0.290 e. The van der Waals surface area contributed by atoms with Crippen LogP contribution in [0.2, 0.25) is 0 Å². The molecule has 1 aliphatic carbocycles. The number of hydrogen-bond donors (Lipinski definition) is 0. The fourth-order valence-corrected chi connectivity index (χ4v) is 5.28. The molecule has 5 rings (SSSR count). The largest absolute Gasteiger partial charge is 0.483 e. The van der Waals surface area contributed by atoms with Crippen LogP contribution in [0.15, 0.2) is 58.4 Å². The molecule has 0 saturated heterocycles. The van der Waals surface area contributed by atoms with E-state index in [4.69, 9.17) is 9.15 Å². The normalized spacial score (nSPS) is 29.0. The first-order chi connectivity index (χ1) is 14.0. The Balaban J connectivity index is 1.60. The molecule has 2 aliphatic heterocycles. The summed E-state index contributed by atoms with van der Waals surface area (Å²) in [6, 6.07) is 8.91. The number of carbonyl (C=O) groups excluding carboxylic acids is 2. The highest BCUT2D eigenvalue weighted by molar-refractivity contribution is 9.09. The summed E-state index contributed by atoms with van der Waals surface area (Å²) in [6.45, 7) is 0.130. The van der Waals surface area contributed by atoms with Gasteiger partial charge in [0.15, 0.2) is 11.5 Å². The Morgan fingerprint density at radius 2 is 1.97 bits per heavy atom. The van der Waals surface area contributed by atoms with E-state index in [1.807, 2.05) is 0 Å². The predicted molar refractivity (Wildman–Crippen MR) is 105 cm³/mol. The number of rotatable bonds is 3. The van der Waals surface area contributed by atoms with Gasteiger partial charge in [-0.1, -0.05) is 34.1 Å². The first kappa shape index (κ1) is 18.6. The summed E-state index contributed by atoms with van der Waals surface area (Å²) in [5.74, 6) is -0.645. The minimum atomic E-state index is -0.826. The van der Waals surface area contributed by atoms with Gasteiger partial charge in [0.05, 0.1) is 30.3 Å². The van der Waals surface area contributed by atoms with Crippen molar-refractivity contribution >= 4 is 27.6 Å². The number of hydrogen-bond acceptors (Lipinski definition) is 4. The highest BCUT2D eigenvalue weighted by Gasteiger charge is 2.53. The second kappa shape index (κ2) is 7.13. The van der Waals surface area contributed by atoms with Crippen molar-refractivity contribution in [2.45, 2.75) is 42.8 Å². The lowest BCUT2D eigenvalue weighted by Crippen LogP contribution is -2.41. The van der Waals surface area contributed by atoms with E-state index in [1.165, 1.54) is 17.2 Å². The van der Waals surface area contributed by atoms with E-state index >= 15 is 0 Å². The van der Waals surface area contributed by atoms with Crippen LogP contribution in [-0.2, 0) is 20.9 Å². The highest BCUT2D eigenvalue weighted by Crippen LogP contribution is 2.48. The number of furan rings is 1. The Morgan fingerprint density at radius 1 is 1.14 bits per heavy atom. The summed E-state index contributed by atoms with van der Waals surface area (Å²) in [7, 11) is 0. The first-order valence-corrected chi connectivity index (χ1v) is 10.6. The molecule has 4 atom stereocenters. The third-order valence-corrected chi connectivity index (χ3v) is 6.82. The van der Waals surface area contributed by atoms with Crippen molar-refractivity contribution in [2.24, 2.45) is 5.92 Å². The fourth-order valence-electron chi connectivity index (χ4n) is 4.62. The van der Waals surface area contributed by atoms with Crippen LogP contribution in [0.25, 0.3) is 0 Å². The zero-order valence-electron chi connectivity index (χ0n) is 15.5. The first-order valence-electron chi connectivity index (χ1n) is 9.71. The molecule has 1 aromatic heterocycles. The lowest BCUT2D eigenvalue weighted by Gasteiger charge is -2.37. The molecule has 1 amide bonds. The summed E-state index contributed by atoms with van der Waals surface area (Å²) >= 11 is 3.61. The Labute approximate surface area is 175 Å². The molecule has 1 saturated carbocycles.